The highest BCUT2D eigenvalue weighted by Gasteiger charge is 2.43. The van der Waals surface area contributed by atoms with Gasteiger partial charge in [0, 0.05) is 30.0 Å². The van der Waals surface area contributed by atoms with E-state index < -0.39 is 0 Å². The van der Waals surface area contributed by atoms with E-state index in [-0.39, 0.29) is 12.5 Å². The second kappa shape index (κ2) is 8.50. The predicted molar refractivity (Wildman–Crippen MR) is 130 cm³/mol. The minimum Gasteiger partial charge on any atom is -0.267 e. The molecule has 3 heterocycles. The Bertz CT molecular complexity index is 1390. The minimum absolute atomic E-state index is 0.200. The summed E-state index contributed by atoms with van der Waals surface area (Å²) in [6, 6.07) is 20.2. The number of fused-ring (bicyclic) bond motifs is 1. The molecular formula is C26H19ClN6O. The third-order valence-electron chi connectivity index (χ3n) is 5.74. The third kappa shape index (κ3) is 3.60. The first-order valence-electron chi connectivity index (χ1n) is 10.5. The molecule has 2 aromatic carbocycles. The number of hydrogen-bond acceptors (Lipinski definition) is 6. The average molecular weight is 467 g/mol. The zero-order valence-electron chi connectivity index (χ0n) is 18.3. The van der Waals surface area contributed by atoms with Crippen molar-refractivity contribution in [3.05, 3.63) is 113 Å². The molecule has 0 N–H and O–H groups in total. The van der Waals surface area contributed by atoms with E-state index in [0.29, 0.717) is 33.4 Å². The quantitative estimate of drug-likeness (QED) is 0.565. The maximum atomic E-state index is 14.1. The van der Waals surface area contributed by atoms with E-state index in [1.165, 1.54) is 0 Å². The maximum Gasteiger partial charge on any atom is 0.274 e. The number of nitrogens with zero attached hydrogens (tertiary/aromatic N) is 6. The van der Waals surface area contributed by atoms with Crippen molar-refractivity contribution >= 4 is 34.5 Å². The molecule has 0 bridgehead atoms. The average Bonchev–Trinajstić information content (AvgIpc) is 3.16. The molecule has 3 aromatic rings. The number of hydrogen-bond donors (Lipinski definition) is 0. The van der Waals surface area contributed by atoms with Crippen LogP contribution in [0.25, 0.3) is 11.1 Å². The van der Waals surface area contributed by atoms with Crippen molar-refractivity contribution in [3.8, 4) is 6.07 Å². The summed E-state index contributed by atoms with van der Waals surface area (Å²) in [7, 11) is 1.80. The lowest BCUT2D eigenvalue weighted by Gasteiger charge is -2.39. The van der Waals surface area contributed by atoms with Crippen molar-refractivity contribution in [2.24, 2.45) is 5.10 Å². The van der Waals surface area contributed by atoms with Crippen LogP contribution >= 0.6 is 11.6 Å². The van der Waals surface area contributed by atoms with E-state index in [4.69, 9.17) is 22.0 Å². The van der Waals surface area contributed by atoms with Crippen LogP contribution in [-0.2, 0) is 11.3 Å². The lowest BCUT2D eigenvalue weighted by Crippen LogP contribution is -2.51. The molecule has 0 atom stereocenters. The number of halogens is 1. The Morgan fingerprint density at radius 2 is 1.62 bits per heavy atom. The first-order chi connectivity index (χ1) is 16.5. The molecule has 166 valence electrons. The number of nitriles is 1. The fourth-order valence-electron chi connectivity index (χ4n) is 4.03. The van der Waals surface area contributed by atoms with Crippen LogP contribution in [0.3, 0.4) is 0 Å². The lowest BCUT2D eigenvalue weighted by atomic mass is 9.91. The molecule has 0 spiro atoms. The van der Waals surface area contributed by atoms with Crippen molar-refractivity contribution in [2.45, 2.75) is 6.54 Å². The molecule has 0 saturated heterocycles. The Morgan fingerprint density at radius 3 is 2.26 bits per heavy atom. The molecule has 7 nitrogen and oxygen atoms in total. The fourth-order valence-corrected chi connectivity index (χ4v) is 4.15. The molecule has 0 fully saturated rings. The number of hydrazine groups is 1. The van der Waals surface area contributed by atoms with Gasteiger partial charge in [0.1, 0.15) is 5.82 Å². The Morgan fingerprint density at radius 1 is 0.971 bits per heavy atom. The molecule has 5 rings (SSSR count). The lowest BCUT2D eigenvalue weighted by molar-refractivity contribution is -0.135. The zero-order valence-corrected chi connectivity index (χ0v) is 19.1. The van der Waals surface area contributed by atoms with Crippen molar-refractivity contribution in [1.29, 1.82) is 5.26 Å². The minimum atomic E-state index is -0.200. The molecule has 34 heavy (non-hydrogen) atoms. The summed E-state index contributed by atoms with van der Waals surface area (Å²) in [5.74, 6) is 0.949. The highest BCUT2D eigenvalue weighted by atomic mass is 35.5. The molecule has 0 aliphatic carbocycles. The van der Waals surface area contributed by atoms with Crippen LogP contribution in [0.15, 0.2) is 90.6 Å². The standard InChI is InChI=1S/C26H19ClN6O/c1-17-31(2)30-25-23(21-11-13-29-14-12-21)24(20-7-9-22(27)10-8-20)26(34)32(33(17)25)16-19-5-3-18(15-28)4-6-19/h3-14H,1,16H2,2H3. The second-order valence-electron chi connectivity index (χ2n) is 7.84. The molecule has 0 unspecified atom stereocenters. The van der Waals surface area contributed by atoms with Crippen LogP contribution in [0, 0.1) is 11.3 Å². The fraction of sp³-hybridized carbons (Fsp3) is 0.0769. The van der Waals surface area contributed by atoms with Gasteiger partial charge in [0.2, 0.25) is 0 Å². The third-order valence-corrected chi connectivity index (χ3v) is 6.00. The van der Waals surface area contributed by atoms with Gasteiger partial charge in [-0.2, -0.15) is 10.4 Å². The first kappa shape index (κ1) is 21.4. The molecule has 1 aromatic heterocycles. The van der Waals surface area contributed by atoms with E-state index in [2.05, 4.69) is 17.6 Å². The zero-order chi connectivity index (χ0) is 23.8. The van der Waals surface area contributed by atoms with Crippen LogP contribution in [0.2, 0.25) is 5.02 Å². The largest absolute Gasteiger partial charge is 0.274 e. The maximum absolute atomic E-state index is 14.1. The number of pyridine rings is 1. The van der Waals surface area contributed by atoms with Gasteiger partial charge in [0.25, 0.3) is 5.91 Å². The summed E-state index contributed by atoms with van der Waals surface area (Å²) in [5, 5.41) is 19.5. The van der Waals surface area contributed by atoms with Crippen LogP contribution in [0.5, 0.6) is 0 Å². The van der Waals surface area contributed by atoms with Crippen LogP contribution in [0.1, 0.15) is 22.3 Å². The highest BCUT2D eigenvalue weighted by Crippen LogP contribution is 2.40. The second-order valence-corrected chi connectivity index (χ2v) is 8.28. The molecular weight excluding hydrogens is 448 g/mol. The smallest absolute Gasteiger partial charge is 0.267 e. The first-order valence-corrected chi connectivity index (χ1v) is 10.9. The summed E-state index contributed by atoms with van der Waals surface area (Å²) in [5.41, 5.74) is 4.18. The molecule has 0 radical (unpaired) electrons. The SMILES string of the molecule is C=C1N(C)N=C2C(c3ccncc3)=C(c3ccc(Cl)cc3)C(=O)N(Cc3ccc(C#N)cc3)N12. The van der Waals surface area contributed by atoms with Crippen molar-refractivity contribution in [3.63, 3.8) is 0 Å². The Balaban J connectivity index is 1.71. The molecule has 8 heteroatoms. The Kier molecular flexibility index (Phi) is 5.36. The van der Waals surface area contributed by atoms with Gasteiger partial charge in [-0.1, -0.05) is 42.4 Å². The van der Waals surface area contributed by atoms with E-state index >= 15 is 0 Å². The van der Waals surface area contributed by atoms with Crippen molar-refractivity contribution in [2.75, 3.05) is 7.05 Å². The van der Waals surface area contributed by atoms with Crippen LogP contribution < -0.4 is 0 Å². The van der Waals surface area contributed by atoms with Crippen LogP contribution in [-0.4, -0.2) is 38.8 Å². The number of aromatic nitrogens is 1. The van der Waals surface area contributed by atoms with Gasteiger partial charge in [-0.15, -0.1) is 0 Å². The molecule has 1 amide bonds. The van der Waals surface area contributed by atoms with Gasteiger partial charge in [-0.25, -0.2) is 15.0 Å². The van der Waals surface area contributed by atoms with E-state index in [1.54, 1.807) is 58.7 Å². The van der Waals surface area contributed by atoms with Gasteiger partial charge in [0.05, 0.1) is 23.8 Å². The normalized spacial score (nSPS) is 15.4. The van der Waals surface area contributed by atoms with Gasteiger partial charge >= 0.3 is 0 Å². The van der Waals surface area contributed by atoms with Crippen molar-refractivity contribution < 1.29 is 4.79 Å². The van der Waals surface area contributed by atoms with Gasteiger partial charge < -0.3 is 0 Å². The van der Waals surface area contributed by atoms with Crippen molar-refractivity contribution in [1.82, 2.24) is 20.0 Å². The monoisotopic (exact) mass is 466 g/mol. The summed E-state index contributed by atoms with van der Waals surface area (Å²) >= 11 is 6.14. The van der Waals surface area contributed by atoms with Gasteiger partial charge in [0.15, 0.2) is 5.84 Å². The van der Waals surface area contributed by atoms with E-state index in [1.807, 2.05) is 36.4 Å². The summed E-state index contributed by atoms with van der Waals surface area (Å²) in [6.45, 7) is 4.43. The molecule has 0 saturated carbocycles. The number of amidine groups is 1. The van der Waals surface area contributed by atoms with Crippen LogP contribution in [0.4, 0.5) is 0 Å². The Labute approximate surface area is 202 Å². The summed E-state index contributed by atoms with van der Waals surface area (Å²) < 4.78 is 0. The number of benzene rings is 2. The van der Waals surface area contributed by atoms with Gasteiger partial charge in [-0.05, 0) is 53.1 Å². The highest BCUT2D eigenvalue weighted by molar-refractivity contribution is 6.43. The van der Waals surface area contributed by atoms with Gasteiger partial charge in [-0.3, -0.25) is 9.78 Å². The number of carbonyl (C=O) groups is 1. The summed E-state index contributed by atoms with van der Waals surface area (Å²) in [6.07, 6.45) is 3.38. The summed E-state index contributed by atoms with van der Waals surface area (Å²) in [4.78, 5) is 18.3. The number of amides is 1. The predicted octanol–water partition coefficient (Wildman–Crippen LogP) is 4.51. The molecule has 2 aliphatic heterocycles. The van der Waals surface area contributed by atoms with E-state index in [9.17, 15) is 4.79 Å². The topological polar surface area (TPSA) is 75.8 Å². The number of hydrazone groups is 1. The van der Waals surface area contributed by atoms with E-state index in [0.717, 1.165) is 16.7 Å². The molecule has 2 aliphatic rings. The Hall–Kier alpha value is -4.41. The number of carbonyl (C=O) groups excluding carboxylic acids is 1. The number of rotatable bonds is 4.